The van der Waals surface area contributed by atoms with Crippen molar-refractivity contribution in [2.24, 2.45) is 5.92 Å². The zero-order chi connectivity index (χ0) is 11.9. The Morgan fingerprint density at radius 3 is 2.71 bits per heavy atom. The van der Waals surface area contributed by atoms with Gasteiger partial charge >= 0.3 is 0 Å². The lowest BCUT2D eigenvalue weighted by Gasteiger charge is -2.30. The molecule has 0 nitrogen and oxygen atoms in total. The van der Waals surface area contributed by atoms with Crippen molar-refractivity contribution in [2.45, 2.75) is 48.7 Å². The standard InChI is InChI=1S/C16H20S/c1-2-3-9-14-10-7-8-13-16(14)17-15-11-5-4-6-12-15/h1,4-6,11-12,14,16H,3,7-10,13H2. The van der Waals surface area contributed by atoms with Crippen molar-refractivity contribution in [2.75, 3.05) is 0 Å². The first-order valence-corrected chi connectivity index (χ1v) is 7.43. The van der Waals surface area contributed by atoms with Crippen molar-refractivity contribution in [3.05, 3.63) is 30.3 Å². The van der Waals surface area contributed by atoms with Gasteiger partial charge in [0.1, 0.15) is 0 Å². The summed E-state index contributed by atoms with van der Waals surface area (Å²) in [5, 5.41) is 0.777. The van der Waals surface area contributed by atoms with Gasteiger partial charge in [-0.3, -0.25) is 0 Å². The van der Waals surface area contributed by atoms with E-state index < -0.39 is 0 Å². The third-order valence-electron chi connectivity index (χ3n) is 3.53. The Morgan fingerprint density at radius 1 is 1.18 bits per heavy atom. The van der Waals surface area contributed by atoms with Crippen molar-refractivity contribution >= 4 is 11.8 Å². The largest absolute Gasteiger partial charge is 0.122 e. The van der Waals surface area contributed by atoms with Gasteiger partial charge in [-0.05, 0) is 37.3 Å². The van der Waals surface area contributed by atoms with Crippen LogP contribution in [0.25, 0.3) is 0 Å². The van der Waals surface area contributed by atoms with Gasteiger partial charge in [0.2, 0.25) is 0 Å². The summed E-state index contributed by atoms with van der Waals surface area (Å²) >= 11 is 2.05. The van der Waals surface area contributed by atoms with E-state index >= 15 is 0 Å². The molecule has 0 saturated heterocycles. The van der Waals surface area contributed by atoms with Crippen LogP contribution >= 0.6 is 11.8 Å². The highest BCUT2D eigenvalue weighted by Crippen LogP contribution is 2.39. The first kappa shape index (κ1) is 12.6. The minimum atomic E-state index is 0.777. The molecule has 2 atom stereocenters. The number of hydrogen-bond donors (Lipinski definition) is 0. The molecule has 0 N–H and O–H groups in total. The molecule has 0 heterocycles. The molecule has 1 heteroatoms. The van der Waals surface area contributed by atoms with Crippen LogP contribution in [-0.2, 0) is 0 Å². The molecular formula is C16H20S. The lowest BCUT2D eigenvalue weighted by atomic mass is 9.85. The number of rotatable bonds is 4. The highest BCUT2D eigenvalue weighted by molar-refractivity contribution is 8.00. The van der Waals surface area contributed by atoms with Gasteiger partial charge in [-0.2, -0.15) is 0 Å². The third kappa shape index (κ3) is 3.82. The minimum Gasteiger partial charge on any atom is -0.122 e. The first-order valence-electron chi connectivity index (χ1n) is 6.55. The maximum atomic E-state index is 5.39. The van der Waals surface area contributed by atoms with Gasteiger partial charge in [-0.25, -0.2) is 0 Å². The Hall–Kier alpha value is -0.870. The van der Waals surface area contributed by atoms with Gasteiger partial charge in [-0.15, -0.1) is 24.1 Å². The summed E-state index contributed by atoms with van der Waals surface area (Å²) in [4.78, 5) is 1.41. The Balaban J connectivity index is 1.94. The molecule has 0 aromatic heterocycles. The van der Waals surface area contributed by atoms with Crippen LogP contribution in [0.2, 0.25) is 0 Å². The molecule has 17 heavy (non-hydrogen) atoms. The molecule has 0 amide bonds. The van der Waals surface area contributed by atoms with E-state index in [0.717, 1.165) is 17.6 Å². The molecule has 2 unspecified atom stereocenters. The van der Waals surface area contributed by atoms with Crippen LogP contribution in [0.1, 0.15) is 38.5 Å². The molecule has 1 saturated carbocycles. The second kappa shape index (κ2) is 6.77. The number of thioether (sulfide) groups is 1. The summed E-state index contributed by atoms with van der Waals surface area (Å²) in [7, 11) is 0. The van der Waals surface area contributed by atoms with Gasteiger partial charge in [-0.1, -0.05) is 31.0 Å². The summed E-state index contributed by atoms with van der Waals surface area (Å²) in [6.07, 6.45) is 13.0. The summed E-state index contributed by atoms with van der Waals surface area (Å²) in [6, 6.07) is 10.8. The highest BCUT2D eigenvalue weighted by Gasteiger charge is 2.25. The molecule has 90 valence electrons. The van der Waals surface area contributed by atoms with Crippen molar-refractivity contribution in [3.63, 3.8) is 0 Å². The topological polar surface area (TPSA) is 0 Å². The van der Waals surface area contributed by atoms with Crippen molar-refractivity contribution in [1.29, 1.82) is 0 Å². The molecule has 1 aromatic rings. The molecule has 2 rings (SSSR count). The van der Waals surface area contributed by atoms with E-state index in [4.69, 9.17) is 6.42 Å². The smallest absolute Gasteiger partial charge is 0.0123 e. The Morgan fingerprint density at radius 2 is 1.94 bits per heavy atom. The molecule has 1 aliphatic rings. The quantitative estimate of drug-likeness (QED) is 0.689. The van der Waals surface area contributed by atoms with E-state index in [9.17, 15) is 0 Å². The number of hydrogen-bond acceptors (Lipinski definition) is 1. The van der Waals surface area contributed by atoms with E-state index in [0.29, 0.717) is 0 Å². The number of benzene rings is 1. The fourth-order valence-corrected chi connectivity index (χ4v) is 4.01. The molecule has 0 spiro atoms. The Labute approximate surface area is 109 Å². The predicted octanol–water partition coefficient (Wildman–Crippen LogP) is 4.75. The van der Waals surface area contributed by atoms with Gasteiger partial charge in [0.15, 0.2) is 0 Å². The maximum absolute atomic E-state index is 5.39. The van der Waals surface area contributed by atoms with Crippen LogP contribution in [-0.4, -0.2) is 5.25 Å². The van der Waals surface area contributed by atoms with Crippen LogP contribution in [0.3, 0.4) is 0 Å². The molecule has 1 aliphatic carbocycles. The van der Waals surface area contributed by atoms with Crippen LogP contribution in [0.15, 0.2) is 35.2 Å². The molecule has 0 bridgehead atoms. The highest BCUT2D eigenvalue weighted by atomic mass is 32.2. The maximum Gasteiger partial charge on any atom is 0.0123 e. The molecule has 0 aliphatic heterocycles. The fourth-order valence-electron chi connectivity index (χ4n) is 2.60. The zero-order valence-corrected chi connectivity index (χ0v) is 11.1. The van der Waals surface area contributed by atoms with Crippen LogP contribution in [0, 0.1) is 18.3 Å². The van der Waals surface area contributed by atoms with Crippen LogP contribution < -0.4 is 0 Å². The van der Waals surface area contributed by atoms with Crippen molar-refractivity contribution in [1.82, 2.24) is 0 Å². The van der Waals surface area contributed by atoms with E-state index in [1.54, 1.807) is 0 Å². The molecule has 1 fully saturated rings. The summed E-state index contributed by atoms with van der Waals surface area (Å²) in [5.41, 5.74) is 0. The molecule has 0 radical (unpaired) electrons. The van der Waals surface area contributed by atoms with Crippen molar-refractivity contribution < 1.29 is 0 Å². The van der Waals surface area contributed by atoms with Gasteiger partial charge in [0, 0.05) is 16.6 Å². The van der Waals surface area contributed by atoms with Gasteiger partial charge in [0.05, 0.1) is 0 Å². The van der Waals surface area contributed by atoms with Gasteiger partial charge in [0.25, 0.3) is 0 Å². The van der Waals surface area contributed by atoms with Crippen LogP contribution in [0.4, 0.5) is 0 Å². The predicted molar refractivity (Wildman–Crippen MR) is 76.1 cm³/mol. The monoisotopic (exact) mass is 244 g/mol. The summed E-state index contributed by atoms with van der Waals surface area (Å²) < 4.78 is 0. The van der Waals surface area contributed by atoms with Gasteiger partial charge < -0.3 is 0 Å². The van der Waals surface area contributed by atoms with E-state index in [2.05, 4.69) is 48.0 Å². The second-order valence-electron chi connectivity index (χ2n) is 4.76. The summed E-state index contributed by atoms with van der Waals surface area (Å²) in [6.45, 7) is 0. The Bertz CT molecular complexity index is 363. The van der Waals surface area contributed by atoms with Crippen LogP contribution in [0.5, 0.6) is 0 Å². The Kier molecular flexibility index (Phi) is 5.01. The SMILES string of the molecule is C#CCCC1CCCCC1Sc1ccccc1. The average molecular weight is 244 g/mol. The molecular weight excluding hydrogens is 224 g/mol. The lowest BCUT2D eigenvalue weighted by molar-refractivity contribution is 0.354. The minimum absolute atomic E-state index is 0.777. The third-order valence-corrected chi connectivity index (χ3v) is 5.00. The second-order valence-corrected chi connectivity index (χ2v) is 6.07. The van der Waals surface area contributed by atoms with E-state index in [1.165, 1.54) is 37.0 Å². The van der Waals surface area contributed by atoms with E-state index in [-0.39, 0.29) is 0 Å². The zero-order valence-electron chi connectivity index (χ0n) is 10.3. The fraction of sp³-hybridized carbons (Fsp3) is 0.500. The van der Waals surface area contributed by atoms with E-state index in [1.807, 2.05) is 0 Å². The number of terminal acetylenes is 1. The first-order chi connectivity index (χ1) is 8.40. The molecule has 1 aromatic carbocycles. The summed E-state index contributed by atoms with van der Waals surface area (Å²) in [5.74, 6) is 3.61. The lowest BCUT2D eigenvalue weighted by Crippen LogP contribution is -2.21. The normalized spacial score (nSPS) is 24.2. The van der Waals surface area contributed by atoms with Crippen molar-refractivity contribution in [3.8, 4) is 12.3 Å². The average Bonchev–Trinajstić information content (AvgIpc) is 2.39.